The Morgan fingerprint density at radius 2 is 2.15 bits per heavy atom. The maximum atomic E-state index is 12.1. The summed E-state index contributed by atoms with van der Waals surface area (Å²) in [7, 11) is 0. The van der Waals surface area contributed by atoms with Crippen LogP contribution in [0.15, 0.2) is 45.5 Å². The van der Waals surface area contributed by atoms with Gasteiger partial charge in [-0.15, -0.1) is 0 Å². The molecule has 0 saturated carbocycles. The van der Waals surface area contributed by atoms with Crippen LogP contribution in [0.3, 0.4) is 0 Å². The lowest BCUT2D eigenvalue weighted by atomic mass is 10.2. The van der Waals surface area contributed by atoms with Crippen LogP contribution in [0.5, 0.6) is 0 Å². The summed E-state index contributed by atoms with van der Waals surface area (Å²) in [6.07, 6.45) is 3.14. The SMILES string of the molecule is Cc1nc2cc(NC(=O)c3cncc(Br)c3)ccc2o1. The Labute approximate surface area is 123 Å². The monoisotopic (exact) mass is 331 g/mol. The van der Waals surface area contributed by atoms with Gasteiger partial charge in [0.15, 0.2) is 11.5 Å². The quantitative estimate of drug-likeness (QED) is 0.779. The molecule has 1 aromatic carbocycles. The van der Waals surface area contributed by atoms with Crippen LogP contribution in [0, 0.1) is 6.92 Å². The number of oxazole rings is 1. The molecule has 2 heterocycles. The average molecular weight is 332 g/mol. The van der Waals surface area contributed by atoms with Gasteiger partial charge in [-0.3, -0.25) is 9.78 Å². The Morgan fingerprint density at radius 3 is 2.95 bits per heavy atom. The fourth-order valence-corrected chi connectivity index (χ4v) is 2.22. The molecular formula is C14H10BrN3O2. The van der Waals surface area contributed by atoms with Gasteiger partial charge < -0.3 is 9.73 Å². The molecule has 0 bridgehead atoms. The zero-order valence-corrected chi connectivity index (χ0v) is 12.1. The third-order valence-electron chi connectivity index (χ3n) is 2.72. The van der Waals surface area contributed by atoms with Crippen molar-refractivity contribution in [3.8, 4) is 0 Å². The van der Waals surface area contributed by atoms with Crippen molar-refractivity contribution in [2.24, 2.45) is 0 Å². The zero-order valence-electron chi connectivity index (χ0n) is 10.6. The second-order valence-corrected chi connectivity index (χ2v) is 5.18. The second-order valence-electron chi connectivity index (χ2n) is 4.26. The molecular weight excluding hydrogens is 322 g/mol. The Morgan fingerprint density at radius 1 is 1.30 bits per heavy atom. The van der Waals surface area contributed by atoms with Gasteiger partial charge in [0.2, 0.25) is 0 Å². The molecule has 0 atom stereocenters. The first-order valence-electron chi connectivity index (χ1n) is 5.91. The van der Waals surface area contributed by atoms with Gasteiger partial charge >= 0.3 is 0 Å². The molecule has 1 N–H and O–H groups in total. The minimum Gasteiger partial charge on any atom is -0.441 e. The minimum atomic E-state index is -0.224. The van der Waals surface area contributed by atoms with Crippen molar-refractivity contribution >= 4 is 38.6 Å². The predicted octanol–water partition coefficient (Wildman–Crippen LogP) is 3.55. The average Bonchev–Trinajstić information content (AvgIpc) is 2.78. The molecule has 0 spiro atoms. The maximum Gasteiger partial charge on any atom is 0.257 e. The van der Waals surface area contributed by atoms with Gasteiger partial charge in [-0.05, 0) is 40.2 Å². The molecule has 100 valence electrons. The van der Waals surface area contributed by atoms with E-state index < -0.39 is 0 Å². The van der Waals surface area contributed by atoms with Gasteiger partial charge in [-0.2, -0.15) is 0 Å². The van der Waals surface area contributed by atoms with Crippen molar-refractivity contribution < 1.29 is 9.21 Å². The lowest BCUT2D eigenvalue weighted by Gasteiger charge is -2.04. The number of benzene rings is 1. The molecule has 0 aliphatic heterocycles. The third kappa shape index (κ3) is 2.55. The number of hydrogen-bond acceptors (Lipinski definition) is 4. The van der Waals surface area contributed by atoms with Crippen molar-refractivity contribution in [2.45, 2.75) is 6.92 Å². The van der Waals surface area contributed by atoms with E-state index in [0.717, 1.165) is 4.47 Å². The molecule has 0 saturated heterocycles. The first-order chi connectivity index (χ1) is 9.61. The highest BCUT2D eigenvalue weighted by atomic mass is 79.9. The van der Waals surface area contributed by atoms with Crippen molar-refractivity contribution in [1.29, 1.82) is 0 Å². The Balaban J connectivity index is 1.87. The number of nitrogens with zero attached hydrogens (tertiary/aromatic N) is 2. The van der Waals surface area contributed by atoms with E-state index in [1.807, 2.05) is 0 Å². The summed E-state index contributed by atoms with van der Waals surface area (Å²) in [5.41, 5.74) is 2.56. The smallest absolute Gasteiger partial charge is 0.257 e. The second kappa shape index (κ2) is 5.05. The van der Waals surface area contributed by atoms with E-state index in [1.165, 1.54) is 6.20 Å². The Hall–Kier alpha value is -2.21. The van der Waals surface area contributed by atoms with Gasteiger partial charge in [0, 0.05) is 29.5 Å². The molecule has 20 heavy (non-hydrogen) atoms. The van der Waals surface area contributed by atoms with Crippen molar-refractivity contribution in [3.05, 3.63) is 52.6 Å². The summed E-state index contributed by atoms with van der Waals surface area (Å²) < 4.78 is 6.15. The first kappa shape index (κ1) is 12.8. The van der Waals surface area contributed by atoms with Crippen molar-refractivity contribution in [2.75, 3.05) is 5.32 Å². The number of aryl methyl sites for hydroxylation is 1. The maximum absolute atomic E-state index is 12.1. The number of hydrogen-bond donors (Lipinski definition) is 1. The Kier molecular flexibility index (Phi) is 3.23. The fraction of sp³-hybridized carbons (Fsp3) is 0.0714. The molecule has 0 radical (unpaired) electrons. The van der Waals surface area contributed by atoms with Crippen LogP contribution >= 0.6 is 15.9 Å². The number of aromatic nitrogens is 2. The summed E-state index contributed by atoms with van der Waals surface area (Å²) >= 11 is 3.29. The number of rotatable bonds is 2. The standard InChI is InChI=1S/C14H10BrN3O2/c1-8-17-12-5-11(2-3-13(12)20-8)18-14(19)9-4-10(15)7-16-6-9/h2-7H,1H3,(H,18,19). The van der Waals surface area contributed by atoms with Crippen LogP contribution in [-0.4, -0.2) is 15.9 Å². The van der Waals surface area contributed by atoms with Crippen LogP contribution in [0.2, 0.25) is 0 Å². The lowest BCUT2D eigenvalue weighted by molar-refractivity contribution is 0.102. The van der Waals surface area contributed by atoms with Crippen LogP contribution in [0.4, 0.5) is 5.69 Å². The number of carbonyl (C=O) groups is 1. The number of carbonyl (C=O) groups excluding carboxylic acids is 1. The van der Waals surface area contributed by atoms with Crippen LogP contribution in [0.25, 0.3) is 11.1 Å². The summed E-state index contributed by atoms with van der Waals surface area (Å²) in [6.45, 7) is 1.78. The zero-order chi connectivity index (χ0) is 14.1. The highest BCUT2D eigenvalue weighted by Gasteiger charge is 2.09. The van der Waals surface area contributed by atoms with E-state index in [0.29, 0.717) is 28.2 Å². The molecule has 3 aromatic rings. The van der Waals surface area contributed by atoms with E-state index in [1.54, 1.807) is 37.4 Å². The number of nitrogens with one attached hydrogen (secondary N) is 1. The summed E-state index contributed by atoms with van der Waals surface area (Å²) in [6, 6.07) is 7.04. The van der Waals surface area contributed by atoms with Crippen LogP contribution in [-0.2, 0) is 0 Å². The van der Waals surface area contributed by atoms with E-state index in [9.17, 15) is 4.79 Å². The topological polar surface area (TPSA) is 68.0 Å². The number of halogens is 1. The molecule has 1 amide bonds. The molecule has 5 nitrogen and oxygen atoms in total. The van der Waals surface area contributed by atoms with Gasteiger partial charge in [-0.1, -0.05) is 0 Å². The summed E-state index contributed by atoms with van der Waals surface area (Å²) in [4.78, 5) is 20.3. The molecule has 0 aliphatic carbocycles. The highest BCUT2D eigenvalue weighted by molar-refractivity contribution is 9.10. The van der Waals surface area contributed by atoms with Gasteiger partial charge in [-0.25, -0.2) is 4.98 Å². The molecule has 2 aromatic heterocycles. The lowest BCUT2D eigenvalue weighted by Crippen LogP contribution is -2.12. The summed E-state index contributed by atoms with van der Waals surface area (Å²) in [5.74, 6) is 0.373. The number of fused-ring (bicyclic) bond motifs is 1. The normalized spacial score (nSPS) is 10.7. The fourth-order valence-electron chi connectivity index (χ4n) is 1.86. The number of anilines is 1. The third-order valence-corrected chi connectivity index (χ3v) is 3.15. The molecule has 3 rings (SSSR count). The molecule has 0 fully saturated rings. The first-order valence-corrected chi connectivity index (χ1v) is 6.70. The van der Waals surface area contributed by atoms with Crippen molar-refractivity contribution in [3.63, 3.8) is 0 Å². The summed E-state index contributed by atoms with van der Waals surface area (Å²) in [5, 5.41) is 2.81. The van der Waals surface area contributed by atoms with E-state index in [4.69, 9.17) is 4.42 Å². The van der Waals surface area contributed by atoms with E-state index in [2.05, 4.69) is 31.2 Å². The van der Waals surface area contributed by atoms with Gasteiger partial charge in [0.05, 0.1) is 5.56 Å². The predicted molar refractivity (Wildman–Crippen MR) is 78.6 cm³/mol. The number of amides is 1. The van der Waals surface area contributed by atoms with Crippen LogP contribution in [0.1, 0.15) is 16.2 Å². The Bertz CT molecular complexity index is 798. The van der Waals surface area contributed by atoms with E-state index in [-0.39, 0.29) is 5.91 Å². The largest absolute Gasteiger partial charge is 0.441 e. The van der Waals surface area contributed by atoms with Crippen LogP contribution < -0.4 is 5.32 Å². The van der Waals surface area contributed by atoms with Gasteiger partial charge in [0.25, 0.3) is 5.91 Å². The molecule has 0 aliphatic rings. The number of pyridine rings is 1. The minimum absolute atomic E-state index is 0.224. The van der Waals surface area contributed by atoms with Crippen molar-refractivity contribution in [1.82, 2.24) is 9.97 Å². The molecule has 6 heteroatoms. The van der Waals surface area contributed by atoms with E-state index >= 15 is 0 Å². The van der Waals surface area contributed by atoms with Gasteiger partial charge in [0.1, 0.15) is 5.52 Å². The molecule has 0 unspecified atom stereocenters. The highest BCUT2D eigenvalue weighted by Crippen LogP contribution is 2.20.